The van der Waals surface area contributed by atoms with Gasteiger partial charge in [0.1, 0.15) is 30.7 Å². The number of anilines is 1. The first-order chi connectivity index (χ1) is 10.8. The topological polar surface area (TPSA) is 96.7 Å². The lowest BCUT2D eigenvalue weighted by Gasteiger charge is -2.19. The molecular formula is C15H17N3O4. The number of aliphatic hydroxyl groups excluding tert-OH is 2. The Hall–Kier alpha value is -1.80. The second kappa shape index (κ2) is 5.44. The summed E-state index contributed by atoms with van der Waals surface area (Å²) in [7, 11) is 0. The molecule has 0 unspecified atom stereocenters. The van der Waals surface area contributed by atoms with Crippen molar-refractivity contribution in [3.63, 3.8) is 0 Å². The van der Waals surface area contributed by atoms with Crippen molar-refractivity contribution < 1.29 is 19.7 Å². The van der Waals surface area contributed by atoms with Crippen LogP contribution in [0.5, 0.6) is 0 Å². The molecule has 0 saturated carbocycles. The van der Waals surface area contributed by atoms with Crippen LogP contribution in [0.15, 0.2) is 24.3 Å². The number of aliphatic hydroxyl groups is 2. The van der Waals surface area contributed by atoms with Gasteiger partial charge in [0.15, 0.2) is 5.82 Å². The van der Waals surface area contributed by atoms with E-state index in [9.17, 15) is 10.2 Å². The largest absolute Gasteiger partial charge is 0.388 e. The van der Waals surface area contributed by atoms with Gasteiger partial charge in [-0.05, 0) is 12.1 Å². The average Bonchev–Trinajstić information content (AvgIpc) is 3.11. The Morgan fingerprint density at radius 3 is 2.82 bits per heavy atom. The van der Waals surface area contributed by atoms with Gasteiger partial charge in [0.25, 0.3) is 0 Å². The Labute approximate surface area is 126 Å². The Morgan fingerprint density at radius 1 is 1.14 bits per heavy atom. The summed E-state index contributed by atoms with van der Waals surface area (Å²) < 4.78 is 11.2. The van der Waals surface area contributed by atoms with E-state index in [-0.39, 0.29) is 24.9 Å². The minimum Gasteiger partial charge on any atom is -0.388 e. The third-order valence-electron chi connectivity index (χ3n) is 4.14. The number of hydrogen-bond acceptors (Lipinski definition) is 7. The normalized spacial score (nSPS) is 30.6. The predicted octanol–water partition coefficient (Wildman–Crippen LogP) is 0.0611. The molecule has 116 valence electrons. The Kier molecular flexibility index (Phi) is 3.42. The third kappa shape index (κ3) is 2.22. The van der Waals surface area contributed by atoms with Gasteiger partial charge in [-0.3, -0.25) is 0 Å². The summed E-state index contributed by atoms with van der Waals surface area (Å²) in [5.74, 6) is 1.01. The SMILES string of the molecule is OCc1nc(N[C@@H]2CO[C@H]3[C@@H]2OC[C@H]3O)c2ccccc2n1. The maximum absolute atomic E-state index is 9.80. The van der Waals surface area contributed by atoms with Crippen LogP contribution in [-0.4, -0.2) is 57.7 Å². The van der Waals surface area contributed by atoms with Crippen LogP contribution < -0.4 is 5.32 Å². The molecule has 22 heavy (non-hydrogen) atoms. The highest BCUT2D eigenvalue weighted by Crippen LogP contribution is 2.30. The second-order valence-corrected chi connectivity index (χ2v) is 5.58. The quantitative estimate of drug-likeness (QED) is 0.738. The molecule has 2 aromatic rings. The first-order valence-electron chi connectivity index (χ1n) is 7.30. The van der Waals surface area contributed by atoms with Crippen molar-refractivity contribution in [1.82, 2.24) is 9.97 Å². The summed E-state index contributed by atoms with van der Waals surface area (Å²) in [5.41, 5.74) is 0.770. The van der Waals surface area contributed by atoms with Crippen molar-refractivity contribution in [1.29, 1.82) is 0 Å². The van der Waals surface area contributed by atoms with Gasteiger partial charge in [-0.15, -0.1) is 0 Å². The van der Waals surface area contributed by atoms with Gasteiger partial charge in [-0.25, -0.2) is 9.97 Å². The van der Waals surface area contributed by atoms with Crippen molar-refractivity contribution >= 4 is 16.7 Å². The maximum atomic E-state index is 9.80. The number of aromatic nitrogens is 2. The fourth-order valence-corrected chi connectivity index (χ4v) is 3.08. The molecule has 2 aliphatic heterocycles. The van der Waals surface area contributed by atoms with Crippen LogP contribution in [0.25, 0.3) is 10.9 Å². The molecule has 7 heteroatoms. The van der Waals surface area contributed by atoms with E-state index in [0.717, 1.165) is 10.9 Å². The summed E-state index contributed by atoms with van der Waals surface area (Å²) in [4.78, 5) is 8.67. The molecule has 0 amide bonds. The van der Waals surface area contributed by atoms with E-state index in [1.54, 1.807) is 0 Å². The monoisotopic (exact) mass is 303 g/mol. The van der Waals surface area contributed by atoms with Crippen molar-refractivity contribution in [3.05, 3.63) is 30.1 Å². The van der Waals surface area contributed by atoms with Gasteiger partial charge < -0.3 is 25.0 Å². The van der Waals surface area contributed by atoms with Crippen LogP contribution in [0.4, 0.5) is 5.82 Å². The molecule has 4 rings (SSSR count). The zero-order valence-corrected chi connectivity index (χ0v) is 11.8. The minimum absolute atomic E-state index is 0.0907. The minimum atomic E-state index is -0.577. The van der Waals surface area contributed by atoms with Gasteiger partial charge in [0, 0.05) is 5.39 Å². The molecule has 2 saturated heterocycles. The second-order valence-electron chi connectivity index (χ2n) is 5.58. The number of fused-ring (bicyclic) bond motifs is 2. The number of nitrogens with one attached hydrogen (secondary N) is 1. The van der Waals surface area contributed by atoms with E-state index in [2.05, 4.69) is 15.3 Å². The van der Waals surface area contributed by atoms with E-state index >= 15 is 0 Å². The van der Waals surface area contributed by atoms with Crippen molar-refractivity contribution in [2.75, 3.05) is 18.5 Å². The van der Waals surface area contributed by atoms with Gasteiger partial charge in [0.2, 0.25) is 0 Å². The number of nitrogens with zero attached hydrogens (tertiary/aromatic N) is 2. The number of para-hydroxylation sites is 1. The molecule has 4 atom stereocenters. The smallest absolute Gasteiger partial charge is 0.156 e. The van der Waals surface area contributed by atoms with Gasteiger partial charge in [0.05, 0.1) is 24.8 Å². The average molecular weight is 303 g/mol. The highest BCUT2D eigenvalue weighted by molar-refractivity contribution is 5.89. The summed E-state index contributed by atoms with van der Waals surface area (Å²) in [6.07, 6.45) is -1.06. The van der Waals surface area contributed by atoms with Crippen LogP contribution >= 0.6 is 0 Å². The van der Waals surface area contributed by atoms with Crippen LogP contribution in [0, 0.1) is 0 Å². The van der Waals surface area contributed by atoms with Crippen molar-refractivity contribution in [3.8, 4) is 0 Å². The van der Waals surface area contributed by atoms with Gasteiger partial charge >= 0.3 is 0 Å². The highest BCUT2D eigenvalue weighted by atomic mass is 16.6. The molecule has 0 radical (unpaired) electrons. The fourth-order valence-electron chi connectivity index (χ4n) is 3.08. The van der Waals surface area contributed by atoms with Gasteiger partial charge in [-0.1, -0.05) is 12.1 Å². The van der Waals surface area contributed by atoms with Crippen LogP contribution in [-0.2, 0) is 16.1 Å². The zero-order chi connectivity index (χ0) is 15.1. The molecule has 3 heterocycles. The number of ether oxygens (including phenoxy) is 2. The summed E-state index contributed by atoms with van der Waals surface area (Å²) >= 11 is 0. The maximum Gasteiger partial charge on any atom is 0.156 e. The van der Waals surface area contributed by atoms with E-state index in [1.807, 2.05) is 24.3 Å². The molecule has 7 nitrogen and oxygen atoms in total. The zero-order valence-electron chi connectivity index (χ0n) is 11.8. The van der Waals surface area contributed by atoms with Crippen LogP contribution in [0.3, 0.4) is 0 Å². The van der Waals surface area contributed by atoms with Crippen LogP contribution in [0.1, 0.15) is 5.82 Å². The standard InChI is InChI=1S/C15H17N3O4/c19-5-12-16-9-4-2-1-3-8(9)15(18-12)17-10-6-21-14-11(20)7-22-13(10)14/h1-4,10-11,13-14,19-20H,5-7H2,(H,16,17,18)/t10-,11-,13-,14-/m1/s1. The van der Waals surface area contributed by atoms with E-state index in [1.165, 1.54) is 0 Å². The number of benzene rings is 1. The molecule has 3 N–H and O–H groups in total. The van der Waals surface area contributed by atoms with E-state index in [4.69, 9.17) is 9.47 Å². The van der Waals surface area contributed by atoms with Crippen molar-refractivity contribution in [2.24, 2.45) is 0 Å². The number of rotatable bonds is 3. The molecular weight excluding hydrogens is 286 g/mol. The van der Waals surface area contributed by atoms with Gasteiger partial charge in [-0.2, -0.15) is 0 Å². The highest BCUT2D eigenvalue weighted by Gasteiger charge is 2.47. The molecule has 1 aromatic heterocycles. The van der Waals surface area contributed by atoms with Crippen molar-refractivity contribution in [2.45, 2.75) is 31.0 Å². The predicted molar refractivity (Wildman–Crippen MR) is 78.4 cm³/mol. The summed E-state index contributed by atoms with van der Waals surface area (Å²) in [6.45, 7) is 0.515. The molecule has 1 aromatic carbocycles. The third-order valence-corrected chi connectivity index (χ3v) is 4.14. The lowest BCUT2D eigenvalue weighted by atomic mass is 10.1. The number of hydrogen-bond donors (Lipinski definition) is 3. The Balaban J connectivity index is 1.66. The molecule has 0 aliphatic carbocycles. The Bertz CT molecular complexity index is 696. The molecule has 2 aliphatic rings. The van der Waals surface area contributed by atoms with E-state index in [0.29, 0.717) is 24.9 Å². The first-order valence-corrected chi connectivity index (χ1v) is 7.30. The Morgan fingerprint density at radius 2 is 1.95 bits per heavy atom. The molecule has 2 fully saturated rings. The first kappa shape index (κ1) is 13.8. The van der Waals surface area contributed by atoms with Crippen LogP contribution in [0.2, 0.25) is 0 Å². The lowest BCUT2D eigenvalue weighted by molar-refractivity contribution is 0.0184. The molecule has 0 spiro atoms. The summed E-state index contributed by atoms with van der Waals surface area (Å²) in [6, 6.07) is 7.53. The van der Waals surface area contributed by atoms with E-state index < -0.39 is 6.10 Å². The summed E-state index contributed by atoms with van der Waals surface area (Å²) in [5, 5.41) is 23.3. The molecule has 0 bridgehead atoms. The lowest BCUT2D eigenvalue weighted by Crippen LogP contribution is -2.36. The fraction of sp³-hybridized carbons (Fsp3) is 0.467.